The van der Waals surface area contributed by atoms with E-state index < -0.39 is 69.6 Å². The Kier molecular flexibility index (Phi) is 10.6. The van der Waals surface area contributed by atoms with Gasteiger partial charge >= 0.3 is 11.9 Å². The number of rotatable bonds is 12. The summed E-state index contributed by atoms with van der Waals surface area (Å²) in [4.78, 5) is 87.1. The summed E-state index contributed by atoms with van der Waals surface area (Å²) >= 11 is 0.733. The molecule has 0 unspecified atom stereocenters. The molecule has 4 heterocycles. The molecule has 18 nitrogen and oxygen atoms in total. The molecule has 0 radical (unpaired) electrons. The van der Waals surface area contributed by atoms with Gasteiger partial charge in [0.05, 0.1) is 22.4 Å². The molecule has 2 aromatic rings. The van der Waals surface area contributed by atoms with Crippen molar-refractivity contribution in [2.75, 3.05) is 18.0 Å². The molecule has 0 bridgehead atoms. The molecule has 4 amide bonds. The van der Waals surface area contributed by atoms with Gasteiger partial charge in [-0.15, -0.1) is 14.5 Å². The van der Waals surface area contributed by atoms with E-state index in [2.05, 4.69) is 9.37 Å². The van der Waals surface area contributed by atoms with Crippen molar-refractivity contribution in [3.8, 4) is 0 Å². The van der Waals surface area contributed by atoms with E-state index in [1.807, 2.05) is 13.8 Å². The van der Waals surface area contributed by atoms with Gasteiger partial charge in [-0.05, 0) is 55.8 Å². The van der Waals surface area contributed by atoms with Gasteiger partial charge in [-0.2, -0.15) is 13.0 Å². The van der Waals surface area contributed by atoms with Gasteiger partial charge in [-0.25, -0.2) is 14.8 Å². The summed E-state index contributed by atoms with van der Waals surface area (Å²) in [6.45, 7) is 6.36. The molecule has 290 valence electrons. The number of allylic oxidation sites excluding steroid dienone is 4. The maximum atomic E-state index is 13.2. The molecule has 2 saturated heterocycles. The fourth-order valence-electron chi connectivity index (χ4n) is 6.98. The van der Waals surface area contributed by atoms with E-state index in [-0.39, 0.29) is 30.6 Å². The Morgan fingerprint density at radius 1 is 0.855 bits per heavy atom. The van der Waals surface area contributed by atoms with Gasteiger partial charge in [0.2, 0.25) is 12.2 Å². The molecule has 2 fully saturated rings. The first kappa shape index (κ1) is 39.4. The molecule has 0 saturated carbocycles. The van der Waals surface area contributed by atoms with Crippen molar-refractivity contribution >= 4 is 74.8 Å². The van der Waals surface area contributed by atoms with Gasteiger partial charge in [-0.1, -0.05) is 25.0 Å². The molecule has 55 heavy (non-hydrogen) atoms. The molecular formula is C35H35N4O14S2+. The third kappa shape index (κ3) is 7.56. The highest BCUT2D eigenvalue weighted by atomic mass is 32.2. The second kappa shape index (κ2) is 14.8. The number of benzene rings is 2. The third-order valence-corrected chi connectivity index (χ3v) is 11.1. The van der Waals surface area contributed by atoms with E-state index in [4.69, 9.17) is 14.9 Å². The van der Waals surface area contributed by atoms with E-state index >= 15 is 0 Å². The van der Waals surface area contributed by atoms with E-state index in [1.54, 1.807) is 54.9 Å². The van der Waals surface area contributed by atoms with Crippen molar-refractivity contribution in [3.63, 3.8) is 0 Å². The average Bonchev–Trinajstić information content (AvgIpc) is 3.74. The lowest BCUT2D eigenvalue weighted by atomic mass is 9.81. The summed E-state index contributed by atoms with van der Waals surface area (Å²) in [7, 11) is -4.61. The maximum absolute atomic E-state index is 13.2. The van der Waals surface area contributed by atoms with Gasteiger partial charge in [0.15, 0.2) is 5.71 Å². The van der Waals surface area contributed by atoms with Crippen molar-refractivity contribution in [3.05, 3.63) is 71.5 Å². The highest BCUT2D eigenvalue weighted by Crippen LogP contribution is 2.49. The quantitative estimate of drug-likeness (QED) is 0.0785. The highest BCUT2D eigenvalue weighted by molar-refractivity contribution is 7.94. The molecule has 0 aliphatic carbocycles. The summed E-state index contributed by atoms with van der Waals surface area (Å²) in [6, 6.07) is 8.99. The topological polar surface area (TPSA) is 227 Å². The fourth-order valence-corrected chi connectivity index (χ4v) is 7.89. The predicted octanol–water partition coefficient (Wildman–Crippen LogP) is 3.19. The number of hydroxylamine groups is 4. The zero-order chi connectivity index (χ0) is 40.0. The van der Waals surface area contributed by atoms with E-state index in [1.165, 1.54) is 23.1 Å². The van der Waals surface area contributed by atoms with Crippen LogP contribution in [-0.2, 0) is 68.8 Å². The SMILES string of the molecule is CC1(C)C(/C=C/C=C2\N(CC(=O)ON3C(=O)CCC3=O)c3ccc(S(=O)(=O)O)cc3C2(C)C)=[N+](CC(=O)ON2C(=O)CCC2=O)c2ccc(SOOO)cc21. The zero-order valence-electron chi connectivity index (χ0n) is 29.8. The summed E-state index contributed by atoms with van der Waals surface area (Å²) in [5.41, 5.74) is 1.29. The summed E-state index contributed by atoms with van der Waals surface area (Å²) in [6.07, 6.45) is 4.63. The third-order valence-electron chi connectivity index (χ3n) is 9.67. The second-order valence-corrected chi connectivity index (χ2v) is 16.1. The van der Waals surface area contributed by atoms with Crippen LogP contribution in [0.3, 0.4) is 0 Å². The number of imide groups is 2. The van der Waals surface area contributed by atoms with Crippen molar-refractivity contribution in [1.29, 1.82) is 0 Å². The first-order valence-electron chi connectivity index (χ1n) is 16.7. The lowest BCUT2D eigenvalue weighted by Gasteiger charge is -2.26. The van der Waals surface area contributed by atoms with Crippen LogP contribution in [0.25, 0.3) is 0 Å². The number of fused-ring (bicyclic) bond motifs is 2. The molecular weight excluding hydrogens is 765 g/mol. The minimum atomic E-state index is -4.61. The van der Waals surface area contributed by atoms with Crippen LogP contribution >= 0.6 is 12.0 Å². The lowest BCUT2D eigenvalue weighted by Crippen LogP contribution is -2.38. The number of carbonyl (C=O) groups is 6. The number of amides is 4. The van der Waals surface area contributed by atoms with Gasteiger partial charge < -0.3 is 14.6 Å². The van der Waals surface area contributed by atoms with E-state index in [9.17, 15) is 41.7 Å². The predicted molar refractivity (Wildman–Crippen MR) is 188 cm³/mol. The van der Waals surface area contributed by atoms with Crippen molar-refractivity contribution in [1.82, 2.24) is 10.1 Å². The lowest BCUT2D eigenvalue weighted by molar-refractivity contribution is -0.432. The van der Waals surface area contributed by atoms with Gasteiger partial charge in [-0.3, -0.25) is 23.7 Å². The highest BCUT2D eigenvalue weighted by Gasteiger charge is 2.47. The molecule has 0 spiro atoms. The Bertz CT molecular complexity index is 2210. The van der Waals surface area contributed by atoms with E-state index in [0.717, 1.165) is 12.0 Å². The molecule has 0 aromatic heterocycles. The Labute approximate surface area is 318 Å². The minimum Gasteiger partial charge on any atom is -0.333 e. The van der Waals surface area contributed by atoms with Gasteiger partial charge in [0, 0.05) is 65.1 Å². The van der Waals surface area contributed by atoms with Crippen molar-refractivity contribution < 1.29 is 70.6 Å². The first-order valence-corrected chi connectivity index (χ1v) is 18.9. The Hall–Kier alpha value is -5.25. The Morgan fingerprint density at radius 3 is 2.04 bits per heavy atom. The number of hydrogen-bond donors (Lipinski definition) is 2. The normalized spacial score (nSPS) is 19.7. The molecule has 0 atom stereocenters. The smallest absolute Gasteiger partial charge is 0.333 e. The standard InChI is InChI=1S/C35H34N4O14S2/c1-34(2)22-16-20(54-53-52-46)8-10-24(22)36(18-32(44)50-38-28(40)12-13-29(38)41)26(34)6-5-7-27-35(3,4)23-17-21(55(47,48)49)9-11-25(23)37(27)19-33(45)51-39-30(42)14-15-31(39)43/h5-11,16-17H,12-15,18-19H2,1-4H3,(H-,46,47,48,49)/p+1. The van der Waals surface area contributed by atoms with Gasteiger partial charge in [0.1, 0.15) is 6.54 Å². The number of hydrogen-bond acceptors (Lipinski definition) is 15. The monoisotopic (exact) mass is 799 g/mol. The summed E-state index contributed by atoms with van der Waals surface area (Å²) in [5.74, 6) is -4.46. The largest absolute Gasteiger partial charge is 0.398 e. The molecule has 6 rings (SSSR count). The van der Waals surface area contributed by atoms with Crippen LogP contribution in [-0.4, -0.2) is 87.3 Å². The first-order chi connectivity index (χ1) is 25.8. The average molecular weight is 800 g/mol. The van der Waals surface area contributed by atoms with Crippen LogP contribution in [0.2, 0.25) is 0 Å². The number of nitrogens with zero attached hydrogens (tertiary/aromatic N) is 4. The van der Waals surface area contributed by atoms with Crippen LogP contribution in [0.15, 0.2) is 70.1 Å². The summed E-state index contributed by atoms with van der Waals surface area (Å²) in [5, 5.41) is 13.3. The summed E-state index contributed by atoms with van der Waals surface area (Å²) < 4.78 is 40.2. The molecule has 4 aliphatic heterocycles. The van der Waals surface area contributed by atoms with Crippen molar-refractivity contribution in [2.24, 2.45) is 0 Å². The second-order valence-electron chi connectivity index (χ2n) is 13.9. The van der Waals surface area contributed by atoms with E-state index in [0.29, 0.717) is 48.9 Å². The molecule has 4 aliphatic rings. The van der Waals surface area contributed by atoms with Crippen LogP contribution in [0.4, 0.5) is 11.4 Å². The molecule has 20 heteroatoms. The van der Waals surface area contributed by atoms with Crippen molar-refractivity contribution in [2.45, 2.75) is 74.0 Å². The molecule has 2 N–H and O–H groups in total. The number of anilines is 1. The van der Waals surface area contributed by atoms with Crippen LogP contribution < -0.4 is 4.90 Å². The number of carbonyl (C=O) groups excluding carboxylic acids is 6. The van der Waals surface area contributed by atoms with Crippen LogP contribution in [0, 0.1) is 0 Å². The van der Waals surface area contributed by atoms with Crippen LogP contribution in [0.1, 0.15) is 64.5 Å². The fraction of sp³-hybridized carbons (Fsp3) is 0.343. The van der Waals surface area contributed by atoms with Crippen LogP contribution in [0.5, 0.6) is 0 Å². The Morgan fingerprint density at radius 2 is 1.45 bits per heavy atom. The Balaban J connectivity index is 1.39. The van der Waals surface area contributed by atoms with Gasteiger partial charge in [0.25, 0.3) is 33.7 Å². The maximum Gasteiger partial charge on any atom is 0.398 e. The zero-order valence-corrected chi connectivity index (χ0v) is 31.5. The minimum absolute atomic E-state index is 0.0822. The molecule has 2 aromatic carbocycles.